The third-order valence-electron chi connectivity index (χ3n) is 5.85. The van der Waals surface area contributed by atoms with Crippen LogP contribution in [0.5, 0.6) is 11.5 Å². The van der Waals surface area contributed by atoms with Crippen molar-refractivity contribution < 1.29 is 14.6 Å². The summed E-state index contributed by atoms with van der Waals surface area (Å²) in [6.45, 7) is 9.09. The van der Waals surface area contributed by atoms with Gasteiger partial charge < -0.3 is 14.6 Å². The third kappa shape index (κ3) is 6.37. The van der Waals surface area contributed by atoms with Crippen molar-refractivity contribution in [2.75, 3.05) is 6.61 Å². The predicted octanol–water partition coefficient (Wildman–Crippen LogP) is 6.83. The number of benzene rings is 3. The summed E-state index contributed by atoms with van der Waals surface area (Å²) in [7, 11) is 0. The molecule has 3 heteroatoms. The number of hydrogen-bond donors (Lipinski definition) is 1. The van der Waals surface area contributed by atoms with Gasteiger partial charge in [-0.2, -0.15) is 0 Å². The van der Waals surface area contributed by atoms with Crippen LogP contribution in [0.4, 0.5) is 0 Å². The first-order valence-electron chi connectivity index (χ1n) is 11.8. The molecule has 2 atom stereocenters. The van der Waals surface area contributed by atoms with Gasteiger partial charge in [0.05, 0.1) is 12.7 Å². The molecule has 0 aliphatic heterocycles. The molecule has 1 N–H and O–H groups in total. The van der Waals surface area contributed by atoms with E-state index in [0.29, 0.717) is 6.61 Å². The Hall–Kier alpha value is -2.78. The lowest BCUT2D eigenvalue weighted by atomic mass is 9.98. The van der Waals surface area contributed by atoms with Crippen molar-refractivity contribution in [3.8, 4) is 11.5 Å². The lowest BCUT2D eigenvalue weighted by Crippen LogP contribution is -2.17. The predicted molar refractivity (Wildman–Crippen MR) is 132 cm³/mol. The van der Waals surface area contributed by atoms with Crippen LogP contribution in [0, 0.1) is 6.92 Å². The minimum atomic E-state index is -0.717. The zero-order valence-corrected chi connectivity index (χ0v) is 19.8. The van der Waals surface area contributed by atoms with Gasteiger partial charge in [-0.3, -0.25) is 0 Å². The zero-order chi connectivity index (χ0) is 22.9. The fourth-order valence-corrected chi connectivity index (χ4v) is 3.88. The van der Waals surface area contributed by atoms with E-state index >= 15 is 0 Å². The van der Waals surface area contributed by atoms with Crippen LogP contribution in [0.3, 0.4) is 0 Å². The summed E-state index contributed by atoms with van der Waals surface area (Å²) in [5, 5.41) is 11.0. The Balaban J connectivity index is 1.63. The number of rotatable bonds is 11. The van der Waals surface area contributed by atoms with E-state index in [-0.39, 0.29) is 6.10 Å². The van der Waals surface area contributed by atoms with Crippen LogP contribution >= 0.6 is 0 Å². The minimum absolute atomic E-state index is 0.0374. The fourth-order valence-electron chi connectivity index (χ4n) is 3.88. The minimum Gasteiger partial charge on any atom is -0.493 e. The molecule has 3 rings (SSSR count). The first-order chi connectivity index (χ1) is 15.5. The molecule has 3 nitrogen and oxygen atoms in total. The maximum absolute atomic E-state index is 11.0. The number of hydrogen-bond acceptors (Lipinski definition) is 3. The lowest BCUT2D eigenvalue weighted by Gasteiger charge is -2.21. The summed E-state index contributed by atoms with van der Waals surface area (Å²) in [6, 6.07) is 22.2. The van der Waals surface area contributed by atoms with E-state index in [1.807, 2.05) is 43.3 Å². The number of aliphatic hydroxyl groups is 1. The van der Waals surface area contributed by atoms with Crippen LogP contribution in [0.25, 0.3) is 0 Å². The molecular weight excluding hydrogens is 396 g/mol. The van der Waals surface area contributed by atoms with Gasteiger partial charge in [-0.25, -0.2) is 0 Å². The molecule has 32 heavy (non-hydrogen) atoms. The summed E-state index contributed by atoms with van der Waals surface area (Å²) in [5.41, 5.74) is 5.52. The van der Waals surface area contributed by atoms with Crippen LogP contribution in [-0.2, 0) is 12.8 Å². The number of aryl methyl sites for hydroxylation is 3. The maximum atomic E-state index is 11.0. The Kier molecular flexibility index (Phi) is 8.75. The van der Waals surface area contributed by atoms with Gasteiger partial charge in [-0.1, -0.05) is 62.7 Å². The highest BCUT2D eigenvalue weighted by Crippen LogP contribution is 2.32. The van der Waals surface area contributed by atoms with Gasteiger partial charge in [-0.15, -0.1) is 0 Å². The summed E-state index contributed by atoms with van der Waals surface area (Å²) >= 11 is 0. The maximum Gasteiger partial charge on any atom is 0.125 e. The molecule has 0 saturated carbocycles. The van der Waals surface area contributed by atoms with Crippen molar-refractivity contribution in [2.24, 2.45) is 0 Å². The van der Waals surface area contributed by atoms with Crippen LogP contribution in [0.15, 0.2) is 66.7 Å². The van der Waals surface area contributed by atoms with Crippen molar-refractivity contribution in [3.63, 3.8) is 0 Å². The van der Waals surface area contributed by atoms with Gasteiger partial charge >= 0.3 is 0 Å². The largest absolute Gasteiger partial charge is 0.493 e. The monoisotopic (exact) mass is 432 g/mol. The standard InChI is InChI=1S/C29H36O3/c1-5-10-24-14-15-26(19-21(24)3)31-18-17-22(4)32-28-16-13-23(6-2)20-27(28)29(30)25-11-8-7-9-12-25/h7-9,11-16,19-20,22,29-30H,5-6,10,17-18H2,1-4H3/t22-,29?/m1/s1. The Bertz CT molecular complexity index is 981. The quantitative estimate of drug-likeness (QED) is 0.361. The van der Waals surface area contributed by atoms with Crippen LogP contribution < -0.4 is 9.47 Å². The molecule has 0 bridgehead atoms. The van der Waals surface area contributed by atoms with Crippen molar-refractivity contribution >= 4 is 0 Å². The Labute approximate surface area is 193 Å². The Morgan fingerprint density at radius 1 is 0.938 bits per heavy atom. The molecule has 0 aromatic heterocycles. The normalized spacial score (nSPS) is 12.9. The van der Waals surface area contributed by atoms with E-state index in [0.717, 1.165) is 48.3 Å². The highest BCUT2D eigenvalue weighted by Gasteiger charge is 2.18. The number of ether oxygens (including phenoxy) is 2. The second-order valence-electron chi connectivity index (χ2n) is 8.44. The van der Waals surface area contributed by atoms with E-state index in [1.165, 1.54) is 16.7 Å². The second kappa shape index (κ2) is 11.7. The summed E-state index contributed by atoms with van der Waals surface area (Å²) in [4.78, 5) is 0. The van der Waals surface area contributed by atoms with E-state index in [1.54, 1.807) is 0 Å². The average Bonchev–Trinajstić information content (AvgIpc) is 2.81. The second-order valence-corrected chi connectivity index (χ2v) is 8.44. The molecule has 170 valence electrons. The molecule has 0 radical (unpaired) electrons. The highest BCUT2D eigenvalue weighted by molar-refractivity contribution is 5.43. The average molecular weight is 433 g/mol. The van der Waals surface area contributed by atoms with Crippen LogP contribution in [0.1, 0.15) is 67.5 Å². The fraction of sp³-hybridized carbons (Fsp3) is 0.379. The van der Waals surface area contributed by atoms with E-state index in [2.05, 4.69) is 51.1 Å². The molecule has 3 aromatic rings. The van der Waals surface area contributed by atoms with Crippen LogP contribution in [-0.4, -0.2) is 17.8 Å². The van der Waals surface area contributed by atoms with Crippen molar-refractivity contribution in [1.29, 1.82) is 0 Å². The third-order valence-corrected chi connectivity index (χ3v) is 5.85. The van der Waals surface area contributed by atoms with Gasteiger partial charge in [0.15, 0.2) is 0 Å². The summed E-state index contributed by atoms with van der Waals surface area (Å²) in [6.07, 6.45) is 3.16. The Morgan fingerprint density at radius 2 is 1.72 bits per heavy atom. The van der Waals surface area contributed by atoms with Crippen molar-refractivity contribution in [3.05, 3.63) is 94.5 Å². The van der Waals surface area contributed by atoms with Gasteiger partial charge in [-0.05, 0) is 73.2 Å². The summed E-state index contributed by atoms with van der Waals surface area (Å²) in [5.74, 6) is 1.63. The van der Waals surface area contributed by atoms with Gasteiger partial charge in [0.25, 0.3) is 0 Å². The smallest absolute Gasteiger partial charge is 0.125 e. The molecule has 0 fully saturated rings. The molecule has 0 aliphatic rings. The zero-order valence-electron chi connectivity index (χ0n) is 19.8. The molecule has 0 heterocycles. The van der Waals surface area contributed by atoms with Crippen molar-refractivity contribution in [1.82, 2.24) is 0 Å². The molecule has 0 aliphatic carbocycles. The topological polar surface area (TPSA) is 38.7 Å². The molecule has 0 amide bonds. The van der Waals surface area contributed by atoms with E-state index < -0.39 is 6.10 Å². The molecule has 3 aromatic carbocycles. The van der Waals surface area contributed by atoms with E-state index in [4.69, 9.17) is 9.47 Å². The number of aliphatic hydroxyl groups excluding tert-OH is 1. The first kappa shape index (κ1) is 23.9. The molecule has 1 unspecified atom stereocenters. The summed E-state index contributed by atoms with van der Waals surface area (Å²) < 4.78 is 12.2. The van der Waals surface area contributed by atoms with Gasteiger partial charge in [0.2, 0.25) is 0 Å². The van der Waals surface area contributed by atoms with E-state index in [9.17, 15) is 5.11 Å². The first-order valence-corrected chi connectivity index (χ1v) is 11.8. The van der Waals surface area contributed by atoms with Gasteiger partial charge in [0, 0.05) is 12.0 Å². The molecule has 0 spiro atoms. The molecular formula is C29H36O3. The highest BCUT2D eigenvalue weighted by atomic mass is 16.5. The van der Waals surface area contributed by atoms with Gasteiger partial charge in [0.1, 0.15) is 17.6 Å². The SMILES string of the molecule is CCCc1ccc(OCC[C@@H](C)Oc2ccc(CC)cc2C(O)c2ccccc2)cc1C. The Morgan fingerprint density at radius 3 is 2.41 bits per heavy atom. The van der Waals surface area contributed by atoms with Crippen molar-refractivity contribution in [2.45, 2.75) is 65.6 Å². The van der Waals surface area contributed by atoms with Crippen LogP contribution in [0.2, 0.25) is 0 Å². The lowest BCUT2D eigenvalue weighted by molar-refractivity contribution is 0.165. The molecule has 0 saturated heterocycles.